The number of nitrogens with zero attached hydrogens (tertiary/aromatic N) is 1. The minimum Gasteiger partial charge on any atom is -0.492 e. The summed E-state index contributed by atoms with van der Waals surface area (Å²) in [5.41, 5.74) is 0. The molecule has 2 N–H and O–H groups in total. The van der Waals surface area contributed by atoms with E-state index < -0.39 is 10.0 Å². The van der Waals surface area contributed by atoms with Crippen LogP contribution in [0.15, 0.2) is 29.2 Å². The van der Waals surface area contributed by atoms with E-state index in [0.717, 1.165) is 13.0 Å². The van der Waals surface area contributed by atoms with Crippen LogP contribution in [0.5, 0.6) is 5.75 Å². The van der Waals surface area contributed by atoms with Gasteiger partial charge in [0.25, 0.3) is 0 Å². The minimum absolute atomic E-state index is 0.0323. The number of rotatable bonds is 6. The van der Waals surface area contributed by atoms with Crippen LogP contribution < -0.4 is 9.88 Å². The zero-order chi connectivity index (χ0) is 12.9. The van der Waals surface area contributed by atoms with Crippen LogP contribution in [0.3, 0.4) is 0 Å². The summed E-state index contributed by atoms with van der Waals surface area (Å²) in [6.07, 6.45) is 0.825. The Balaban J connectivity index is 2.65. The van der Waals surface area contributed by atoms with Gasteiger partial charge >= 0.3 is 0 Å². The van der Waals surface area contributed by atoms with Crippen molar-refractivity contribution >= 4 is 10.0 Å². The summed E-state index contributed by atoms with van der Waals surface area (Å²) in [6, 6.07) is 6.38. The van der Waals surface area contributed by atoms with Gasteiger partial charge in [-0.3, -0.25) is 0 Å². The van der Waals surface area contributed by atoms with Crippen LogP contribution in [-0.2, 0) is 10.0 Å². The fourth-order valence-corrected chi connectivity index (χ4v) is 2.04. The average Bonchev–Trinajstić information content (AvgIpc) is 2.23. The lowest BCUT2D eigenvalue weighted by molar-refractivity contribution is 0.276. The van der Waals surface area contributed by atoms with Crippen molar-refractivity contribution < 1.29 is 13.2 Å². The number of sulfonamides is 1. The van der Waals surface area contributed by atoms with Crippen LogP contribution in [0.4, 0.5) is 0 Å². The molecule has 0 heterocycles. The van der Waals surface area contributed by atoms with Crippen molar-refractivity contribution in [2.24, 2.45) is 5.14 Å². The topological polar surface area (TPSA) is 72.6 Å². The van der Waals surface area contributed by atoms with E-state index in [1.807, 2.05) is 19.0 Å². The quantitative estimate of drug-likeness (QED) is 0.761. The first kappa shape index (κ1) is 14.0. The van der Waals surface area contributed by atoms with Gasteiger partial charge in [0.2, 0.25) is 10.0 Å². The Morgan fingerprint density at radius 3 is 2.53 bits per heavy atom. The molecule has 0 aromatic heterocycles. The molecule has 0 amide bonds. The highest BCUT2D eigenvalue weighted by molar-refractivity contribution is 7.89. The van der Waals surface area contributed by atoms with Crippen molar-refractivity contribution in [3.05, 3.63) is 24.3 Å². The molecule has 0 bridgehead atoms. The summed E-state index contributed by atoms with van der Waals surface area (Å²) < 4.78 is 28.0. The molecule has 1 aromatic rings. The second-order valence-electron chi connectivity index (χ2n) is 4.00. The van der Waals surface area contributed by atoms with E-state index in [-0.39, 0.29) is 4.90 Å². The lowest BCUT2D eigenvalue weighted by Crippen LogP contribution is -2.17. The van der Waals surface area contributed by atoms with Crippen molar-refractivity contribution in [1.82, 2.24) is 4.90 Å². The standard InChI is InChI=1S/C11H18N2O3S/c1-13(2)8-5-9-16-10-6-3-4-7-11(10)17(12,14)15/h3-4,6-7H,5,8-9H2,1-2H3,(H2,12,14,15). The van der Waals surface area contributed by atoms with Crippen molar-refractivity contribution in [1.29, 1.82) is 0 Å². The molecule has 5 nitrogen and oxygen atoms in total. The Morgan fingerprint density at radius 1 is 1.29 bits per heavy atom. The predicted molar refractivity (Wildman–Crippen MR) is 66.5 cm³/mol. The van der Waals surface area contributed by atoms with Crippen molar-refractivity contribution in [3.8, 4) is 5.75 Å². The summed E-state index contributed by atoms with van der Waals surface area (Å²) in [4.78, 5) is 2.07. The highest BCUT2D eigenvalue weighted by Crippen LogP contribution is 2.21. The third kappa shape index (κ3) is 4.72. The molecule has 0 saturated carbocycles. The van der Waals surface area contributed by atoms with Crippen LogP contribution in [0, 0.1) is 0 Å². The summed E-state index contributed by atoms with van der Waals surface area (Å²) >= 11 is 0. The van der Waals surface area contributed by atoms with Gasteiger partial charge in [-0.15, -0.1) is 0 Å². The fraction of sp³-hybridized carbons (Fsp3) is 0.455. The van der Waals surface area contributed by atoms with E-state index in [0.29, 0.717) is 12.4 Å². The molecular formula is C11H18N2O3S. The molecule has 0 unspecified atom stereocenters. The Kier molecular flexibility index (Phi) is 4.92. The van der Waals surface area contributed by atoms with Crippen molar-refractivity contribution in [2.45, 2.75) is 11.3 Å². The lowest BCUT2D eigenvalue weighted by Gasteiger charge is -2.12. The molecule has 6 heteroatoms. The maximum absolute atomic E-state index is 11.3. The van der Waals surface area contributed by atoms with E-state index in [1.165, 1.54) is 6.07 Å². The van der Waals surface area contributed by atoms with Crippen LogP contribution >= 0.6 is 0 Å². The smallest absolute Gasteiger partial charge is 0.241 e. The number of ether oxygens (including phenoxy) is 1. The van der Waals surface area contributed by atoms with Crippen LogP contribution in [0.1, 0.15) is 6.42 Å². The first-order valence-corrected chi connectivity index (χ1v) is 6.85. The minimum atomic E-state index is -3.72. The normalized spacial score (nSPS) is 11.8. The molecule has 0 atom stereocenters. The highest BCUT2D eigenvalue weighted by atomic mass is 32.2. The molecule has 1 rings (SSSR count). The molecular weight excluding hydrogens is 240 g/mol. The second kappa shape index (κ2) is 6.00. The molecule has 96 valence electrons. The van der Waals surface area contributed by atoms with E-state index in [1.54, 1.807) is 18.2 Å². The largest absolute Gasteiger partial charge is 0.492 e. The number of benzene rings is 1. The number of hydrogen-bond acceptors (Lipinski definition) is 4. The van der Waals surface area contributed by atoms with Gasteiger partial charge in [-0.2, -0.15) is 0 Å². The number of primary sulfonamides is 1. The zero-order valence-corrected chi connectivity index (χ0v) is 10.9. The predicted octanol–water partition coefficient (Wildman–Crippen LogP) is 0.664. The number of para-hydroxylation sites is 1. The van der Waals surface area contributed by atoms with Gasteiger partial charge in [0.1, 0.15) is 10.6 Å². The van der Waals surface area contributed by atoms with E-state index in [2.05, 4.69) is 0 Å². The zero-order valence-electron chi connectivity index (χ0n) is 10.1. The molecule has 0 saturated heterocycles. The lowest BCUT2D eigenvalue weighted by atomic mass is 10.3. The Bertz CT molecular complexity index is 458. The molecule has 0 aliphatic heterocycles. The van der Waals surface area contributed by atoms with Crippen LogP contribution in [0.25, 0.3) is 0 Å². The maximum atomic E-state index is 11.3. The Morgan fingerprint density at radius 2 is 1.94 bits per heavy atom. The molecule has 1 aromatic carbocycles. The molecule has 0 aliphatic carbocycles. The van der Waals surface area contributed by atoms with Gasteiger partial charge in [0.05, 0.1) is 6.61 Å². The molecule has 0 spiro atoms. The Labute approximate surface area is 102 Å². The van der Waals surface area contributed by atoms with Gasteiger partial charge in [-0.25, -0.2) is 13.6 Å². The van der Waals surface area contributed by atoms with E-state index in [4.69, 9.17) is 9.88 Å². The molecule has 0 radical (unpaired) electrons. The van der Waals surface area contributed by atoms with Crippen molar-refractivity contribution in [3.63, 3.8) is 0 Å². The van der Waals surface area contributed by atoms with Crippen LogP contribution in [0.2, 0.25) is 0 Å². The van der Waals surface area contributed by atoms with Gasteiger partial charge in [-0.1, -0.05) is 12.1 Å². The fourth-order valence-electron chi connectivity index (χ4n) is 1.37. The third-order valence-electron chi connectivity index (χ3n) is 2.16. The second-order valence-corrected chi connectivity index (χ2v) is 5.53. The number of nitrogens with two attached hydrogens (primary N) is 1. The van der Waals surface area contributed by atoms with Gasteiger partial charge in [0, 0.05) is 6.54 Å². The first-order valence-electron chi connectivity index (χ1n) is 5.30. The van der Waals surface area contributed by atoms with E-state index in [9.17, 15) is 8.42 Å². The molecule has 17 heavy (non-hydrogen) atoms. The van der Waals surface area contributed by atoms with Crippen molar-refractivity contribution in [2.75, 3.05) is 27.2 Å². The third-order valence-corrected chi connectivity index (χ3v) is 3.11. The average molecular weight is 258 g/mol. The number of hydrogen-bond donors (Lipinski definition) is 1. The molecule has 0 aliphatic rings. The van der Waals surface area contributed by atoms with Crippen LogP contribution in [-0.4, -0.2) is 40.6 Å². The van der Waals surface area contributed by atoms with Gasteiger partial charge in [-0.05, 0) is 32.6 Å². The molecule has 0 fully saturated rings. The highest BCUT2D eigenvalue weighted by Gasteiger charge is 2.13. The summed E-state index contributed by atoms with van der Waals surface area (Å²) in [7, 11) is 0.219. The first-order chi connectivity index (χ1) is 7.91. The Hall–Kier alpha value is -1.11. The monoisotopic (exact) mass is 258 g/mol. The summed E-state index contributed by atoms with van der Waals surface area (Å²) in [6.45, 7) is 1.35. The van der Waals surface area contributed by atoms with Gasteiger partial charge in [0.15, 0.2) is 0 Å². The summed E-state index contributed by atoms with van der Waals surface area (Å²) in [5, 5.41) is 5.09. The maximum Gasteiger partial charge on any atom is 0.241 e. The SMILES string of the molecule is CN(C)CCCOc1ccccc1S(N)(=O)=O. The van der Waals surface area contributed by atoms with E-state index >= 15 is 0 Å². The van der Waals surface area contributed by atoms with Gasteiger partial charge < -0.3 is 9.64 Å². The summed E-state index contributed by atoms with van der Waals surface area (Å²) in [5.74, 6) is 0.314.